The molecule has 0 saturated carbocycles. The number of aryl methyl sites for hydroxylation is 2. The van der Waals surface area contributed by atoms with Gasteiger partial charge in [-0.05, 0) is 62.1 Å². The van der Waals surface area contributed by atoms with Gasteiger partial charge in [0.05, 0.1) is 17.3 Å². The summed E-state index contributed by atoms with van der Waals surface area (Å²) in [6, 6.07) is 12.7. The molecule has 218 valence electrons. The first-order chi connectivity index (χ1) is 20.4. The maximum atomic E-state index is 13.3. The highest BCUT2D eigenvalue weighted by Gasteiger charge is 2.22. The Bertz CT molecular complexity index is 1580. The number of nitrogens with zero attached hydrogens (tertiary/aromatic N) is 3. The molecule has 1 aliphatic heterocycles. The Morgan fingerprint density at radius 1 is 1.05 bits per heavy atom. The molecule has 9 nitrogen and oxygen atoms in total. The largest absolute Gasteiger partial charge is 0.381 e. The lowest BCUT2D eigenvalue weighted by Gasteiger charge is -2.26. The van der Waals surface area contributed by atoms with E-state index in [9.17, 15) is 9.59 Å². The lowest BCUT2D eigenvalue weighted by Crippen LogP contribution is -2.30. The van der Waals surface area contributed by atoms with E-state index in [1.807, 2.05) is 43.8 Å². The molecule has 4 aromatic rings. The van der Waals surface area contributed by atoms with Crippen LogP contribution in [0.25, 0.3) is 11.0 Å². The van der Waals surface area contributed by atoms with E-state index in [0.717, 1.165) is 71.6 Å². The van der Waals surface area contributed by atoms with Crippen molar-refractivity contribution < 1.29 is 14.3 Å². The molecule has 0 bridgehead atoms. The predicted molar refractivity (Wildman–Crippen MR) is 168 cm³/mol. The van der Waals surface area contributed by atoms with E-state index < -0.39 is 0 Å². The number of aromatic nitrogens is 3. The molecule has 0 unspecified atom stereocenters. The molecule has 0 atom stereocenters. The SMILES string of the molecule is Bc1cc(Cl)cc(CNC(=O)c2cccc(C(=O)NCc3c(CC)nc4c(cnn4CC)c3NC3CCOCC3)c2)c1. The van der Waals surface area contributed by atoms with Gasteiger partial charge >= 0.3 is 0 Å². The smallest absolute Gasteiger partial charge is 0.251 e. The van der Waals surface area contributed by atoms with E-state index in [4.69, 9.17) is 21.3 Å². The van der Waals surface area contributed by atoms with Crippen molar-refractivity contribution in [3.05, 3.63) is 81.6 Å². The third-order valence-electron chi connectivity index (χ3n) is 7.54. The van der Waals surface area contributed by atoms with Crippen LogP contribution in [0, 0.1) is 0 Å². The van der Waals surface area contributed by atoms with Crippen LogP contribution in [-0.4, -0.2) is 53.7 Å². The van der Waals surface area contributed by atoms with Crippen LogP contribution in [0.2, 0.25) is 5.02 Å². The first-order valence-electron chi connectivity index (χ1n) is 14.5. The summed E-state index contributed by atoms with van der Waals surface area (Å²) in [6.07, 6.45) is 4.38. The number of pyridine rings is 1. The molecule has 2 aromatic carbocycles. The standard InChI is InChI=1S/C31H36BClN6O3/c1-3-27-25(28(37-24-8-10-42-11-9-24)26-18-36-39(4-2)29(26)38-27)17-35-31(41)21-7-5-6-20(14-21)30(40)34-16-19-12-22(32)15-23(33)13-19/h5-7,12-15,18,24H,3-4,8-11,16-17,32H2,1-2H3,(H,34,40)(H,35,41)(H,37,38). The maximum Gasteiger partial charge on any atom is 0.251 e. The molecular weight excluding hydrogens is 551 g/mol. The molecule has 2 amide bonds. The average Bonchev–Trinajstić information content (AvgIpc) is 3.42. The van der Waals surface area contributed by atoms with Crippen molar-refractivity contribution in [3.8, 4) is 0 Å². The molecular formula is C31H36BClN6O3. The highest BCUT2D eigenvalue weighted by Crippen LogP contribution is 2.31. The number of ether oxygens (including phenoxy) is 1. The molecule has 42 heavy (non-hydrogen) atoms. The number of fused-ring (bicyclic) bond motifs is 1. The van der Waals surface area contributed by atoms with Gasteiger partial charge in [0.2, 0.25) is 0 Å². The summed E-state index contributed by atoms with van der Waals surface area (Å²) in [6.45, 7) is 6.89. The summed E-state index contributed by atoms with van der Waals surface area (Å²) in [5, 5.41) is 15.9. The van der Waals surface area contributed by atoms with Gasteiger partial charge in [0, 0.05) is 66.3 Å². The number of amides is 2. The normalized spacial score (nSPS) is 13.7. The second-order valence-electron chi connectivity index (χ2n) is 10.6. The Morgan fingerprint density at radius 2 is 1.76 bits per heavy atom. The van der Waals surface area contributed by atoms with Crippen LogP contribution in [-0.2, 0) is 30.8 Å². The van der Waals surface area contributed by atoms with Crippen LogP contribution >= 0.6 is 11.6 Å². The van der Waals surface area contributed by atoms with Crippen molar-refractivity contribution in [1.29, 1.82) is 0 Å². The zero-order valence-electron chi connectivity index (χ0n) is 24.3. The van der Waals surface area contributed by atoms with Crippen molar-refractivity contribution in [2.24, 2.45) is 0 Å². The summed E-state index contributed by atoms with van der Waals surface area (Å²) in [5.74, 6) is -0.528. The molecule has 11 heteroatoms. The van der Waals surface area contributed by atoms with Gasteiger partial charge in [-0.3, -0.25) is 9.59 Å². The van der Waals surface area contributed by atoms with Gasteiger partial charge in [-0.2, -0.15) is 5.10 Å². The van der Waals surface area contributed by atoms with Crippen molar-refractivity contribution in [2.75, 3.05) is 18.5 Å². The Hall–Kier alpha value is -3.89. The molecule has 0 spiro atoms. The molecule has 2 aromatic heterocycles. The number of hydrogen-bond donors (Lipinski definition) is 3. The summed E-state index contributed by atoms with van der Waals surface area (Å²) >= 11 is 6.15. The molecule has 3 heterocycles. The minimum absolute atomic E-state index is 0.263. The number of hydrogen-bond acceptors (Lipinski definition) is 6. The molecule has 1 aliphatic rings. The molecule has 0 radical (unpaired) electrons. The van der Waals surface area contributed by atoms with Gasteiger partial charge < -0.3 is 20.7 Å². The van der Waals surface area contributed by atoms with Gasteiger partial charge in [-0.1, -0.05) is 36.1 Å². The maximum absolute atomic E-state index is 13.3. The van der Waals surface area contributed by atoms with Gasteiger partial charge in [0.25, 0.3) is 11.8 Å². The lowest BCUT2D eigenvalue weighted by atomic mass is 9.94. The number of nitrogens with one attached hydrogen (secondary N) is 3. The van der Waals surface area contributed by atoms with E-state index in [0.29, 0.717) is 35.7 Å². The zero-order valence-corrected chi connectivity index (χ0v) is 25.1. The van der Waals surface area contributed by atoms with Gasteiger partial charge in [-0.25, -0.2) is 9.67 Å². The zero-order chi connectivity index (χ0) is 29.6. The van der Waals surface area contributed by atoms with E-state index >= 15 is 0 Å². The molecule has 0 aliphatic carbocycles. The van der Waals surface area contributed by atoms with E-state index in [1.165, 1.54) is 0 Å². The summed E-state index contributed by atoms with van der Waals surface area (Å²) in [5.41, 5.74) is 6.42. The quantitative estimate of drug-likeness (QED) is 0.246. The van der Waals surface area contributed by atoms with Crippen LogP contribution < -0.4 is 21.4 Å². The van der Waals surface area contributed by atoms with Crippen molar-refractivity contribution in [3.63, 3.8) is 0 Å². The lowest BCUT2D eigenvalue weighted by molar-refractivity contribution is 0.0904. The molecule has 5 rings (SSSR count). The monoisotopic (exact) mass is 586 g/mol. The third-order valence-corrected chi connectivity index (χ3v) is 7.76. The van der Waals surface area contributed by atoms with Crippen LogP contribution in [0.4, 0.5) is 5.69 Å². The van der Waals surface area contributed by atoms with Gasteiger partial charge in [0.1, 0.15) is 7.85 Å². The molecule has 3 N–H and O–H groups in total. The number of anilines is 1. The van der Waals surface area contributed by atoms with E-state index in [1.54, 1.807) is 24.3 Å². The predicted octanol–water partition coefficient (Wildman–Crippen LogP) is 3.38. The van der Waals surface area contributed by atoms with E-state index in [-0.39, 0.29) is 17.9 Å². The minimum atomic E-state index is -0.265. The number of carbonyl (C=O) groups excluding carboxylic acids is 2. The Balaban J connectivity index is 1.34. The summed E-state index contributed by atoms with van der Waals surface area (Å²) < 4.78 is 7.46. The minimum Gasteiger partial charge on any atom is -0.381 e. The average molecular weight is 587 g/mol. The summed E-state index contributed by atoms with van der Waals surface area (Å²) in [7, 11) is 1.96. The Morgan fingerprint density at radius 3 is 2.43 bits per heavy atom. The topological polar surface area (TPSA) is 110 Å². The van der Waals surface area contributed by atoms with Crippen molar-refractivity contribution in [2.45, 2.75) is 58.8 Å². The van der Waals surface area contributed by atoms with Crippen LogP contribution in [0.1, 0.15) is 64.2 Å². The van der Waals surface area contributed by atoms with Crippen LogP contribution in [0.3, 0.4) is 0 Å². The second kappa shape index (κ2) is 13.4. The fraction of sp³-hybridized carbons (Fsp3) is 0.355. The fourth-order valence-electron chi connectivity index (χ4n) is 5.37. The number of rotatable bonds is 10. The summed E-state index contributed by atoms with van der Waals surface area (Å²) in [4.78, 5) is 31.2. The van der Waals surface area contributed by atoms with Gasteiger partial charge in [0.15, 0.2) is 5.65 Å². The van der Waals surface area contributed by atoms with E-state index in [2.05, 4.69) is 28.0 Å². The van der Waals surface area contributed by atoms with Crippen LogP contribution in [0.5, 0.6) is 0 Å². The molecule has 1 saturated heterocycles. The highest BCUT2D eigenvalue weighted by atomic mass is 35.5. The number of benzene rings is 2. The third kappa shape index (κ3) is 6.77. The second-order valence-corrected chi connectivity index (χ2v) is 11.0. The molecule has 1 fully saturated rings. The number of carbonyl (C=O) groups is 2. The van der Waals surface area contributed by atoms with Gasteiger partial charge in [-0.15, -0.1) is 0 Å². The first kappa shape index (κ1) is 29.6. The van der Waals surface area contributed by atoms with Crippen molar-refractivity contribution in [1.82, 2.24) is 25.4 Å². The Labute approximate surface area is 251 Å². The highest BCUT2D eigenvalue weighted by molar-refractivity contribution is 6.36. The first-order valence-corrected chi connectivity index (χ1v) is 14.9. The Kier molecular flexibility index (Phi) is 9.44. The fourth-order valence-corrected chi connectivity index (χ4v) is 5.68. The number of halogens is 1. The van der Waals surface area contributed by atoms with Crippen molar-refractivity contribution >= 4 is 53.4 Å². The van der Waals surface area contributed by atoms with Crippen LogP contribution in [0.15, 0.2) is 48.7 Å².